The van der Waals surface area contributed by atoms with Crippen molar-refractivity contribution in [2.24, 2.45) is 0 Å². The number of fused-ring (bicyclic) bond motifs is 1. The van der Waals surface area contributed by atoms with Crippen LogP contribution in [0, 0.1) is 0 Å². The SMILES string of the molecule is Nc1cccc(-c2ccnc3c(C(=O)c4ccoc4)cnn23)c1. The largest absolute Gasteiger partial charge is 0.472 e. The van der Waals surface area contributed by atoms with Gasteiger partial charge in [0.25, 0.3) is 0 Å². The molecule has 0 spiro atoms. The van der Waals surface area contributed by atoms with Crippen molar-refractivity contribution < 1.29 is 9.21 Å². The van der Waals surface area contributed by atoms with Crippen LogP contribution in [0.25, 0.3) is 16.9 Å². The minimum atomic E-state index is -0.175. The maximum absolute atomic E-state index is 12.5. The van der Waals surface area contributed by atoms with E-state index in [1.165, 1.54) is 18.7 Å². The highest BCUT2D eigenvalue weighted by Gasteiger charge is 2.18. The van der Waals surface area contributed by atoms with E-state index in [-0.39, 0.29) is 5.78 Å². The molecule has 0 fully saturated rings. The van der Waals surface area contributed by atoms with Gasteiger partial charge in [-0.3, -0.25) is 4.79 Å². The predicted octanol–water partition coefficient (Wildman–Crippen LogP) is 2.80. The summed E-state index contributed by atoms with van der Waals surface area (Å²) >= 11 is 0. The molecule has 6 nitrogen and oxygen atoms in total. The Balaban J connectivity index is 1.89. The molecule has 6 heteroatoms. The lowest BCUT2D eigenvalue weighted by molar-refractivity contribution is 0.103. The fourth-order valence-electron chi connectivity index (χ4n) is 2.52. The highest BCUT2D eigenvalue weighted by Crippen LogP contribution is 2.23. The van der Waals surface area contributed by atoms with E-state index in [0.29, 0.717) is 22.5 Å². The summed E-state index contributed by atoms with van der Waals surface area (Å²) in [4.78, 5) is 16.8. The number of aromatic nitrogens is 3. The molecule has 112 valence electrons. The second-order valence-electron chi connectivity index (χ2n) is 5.09. The van der Waals surface area contributed by atoms with Crippen LogP contribution in [0.1, 0.15) is 15.9 Å². The van der Waals surface area contributed by atoms with Crippen LogP contribution in [0.15, 0.2) is 65.7 Å². The van der Waals surface area contributed by atoms with Crippen LogP contribution in [0.5, 0.6) is 0 Å². The topological polar surface area (TPSA) is 86.4 Å². The number of ketones is 1. The monoisotopic (exact) mass is 304 g/mol. The molecule has 4 rings (SSSR count). The lowest BCUT2D eigenvalue weighted by Crippen LogP contribution is -2.01. The van der Waals surface area contributed by atoms with E-state index in [4.69, 9.17) is 10.2 Å². The quantitative estimate of drug-likeness (QED) is 0.464. The van der Waals surface area contributed by atoms with E-state index in [1.807, 2.05) is 30.3 Å². The van der Waals surface area contributed by atoms with E-state index in [9.17, 15) is 4.79 Å². The molecular formula is C17H12N4O2. The van der Waals surface area contributed by atoms with Crippen molar-refractivity contribution in [2.45, 2.75) is 0 Å². The molecule has 0 bridgehead atoms. The number of carbonyl (C=O) groups is 1. The zero-order chi connectivity index (χ0) is 15.8. The average molecular weight is 304 g/mol. The molecule has 3 aromatic heterocycles. The molecule has 4 aromatic rings. The molecule has 0 unspecified atom stereocenters. The first kappa shape index (κ1) is 13.3. The van der Waals surface area contributed by atoms with E-state index in [2.05, 4.69) is 10.1 Å². The summed E-state index contributed by atoms with van der Waals surface area (Å²) in [5.74, 6) is -0.175. The molecule has 0 aliphatic rings. The van der Waals surface area contributed by atoms with Crippen molar-refractivity contribution in [2.75, 3.05) is 5.73 Å². The van der Waals surface area contributed by atoms with Gasteiger partial charge < -0.3 is 10.2 Å². The summed E-state index contributed by atoms with van der Waals surface area (Å²) in [5, 5.41) is 4.32. The Labute approximate surface area is 131 Å². The third kappa shape index (κ3) is 2.17. The summed E-state index contributed by atoms with van der Waals surface area (Å²) in [5.41, 5.74) is 9.62. The van der Waals surface area contributed by atoms with Crippen molar-refractivity contribution in [3.63, 3.8) is 0 Å². The number of nitrogens with zero attached hydrogens (tertiary/aromatic N) is 3. The first-order valence-electron chi connectivity index (χ1n) is 6.99. The minimum Gasteiger partial charge on any atom is -0.472 e. The number of rotatable bonds is 3. The molecule has 23 heavy (non-hydrogen) atoms. The number of hydrogen-bond acceptors (Lipinski definition) is 5. The third-order valence-electron chi connectivity index (χ3n) is 3.61. The van der Waals surface area contributed by atoms with Crippen LogP contribution in [-0.2, 0) is 0 Å². The van der Waals surface area contributed by atoms with Gasteiger partial charge in [0, 0.05) is 17.4 Å². The van der Waals surface area contributed by atoms with Crippen LogP contribution < -0.4 is 5.73 Å². The van der Waals surface area contributed by atoms with E-state index in [0.717, 1.165) is 11.3 Å². The van der Waals surface area contributed by atoms with Crippen molar-refractivity contribution in [1.29, 1.82) is 0 Å². The van der Waals surface area contributed by atoms with Crippen molar-refractivity contribution in [3.8, 4) is 11.3 Å². The van der Waals surface area contributed by atoms with E-state index in [1.54, 1.807) is 16.8 Å². The normalized spacial score (nSPS) is 11.0. The first-order valence-corrected chi connectivity index (χ1v) is 6.99. The van der Waals surface area contributed by atoms with Crippen molar-refractivity contribution in [3.05, 3.63) is 72.4 Å². The Morgan fingerprint density at radius 2 is 2.13 bits per heavy atom. The zero-order valence-corrected chi connectivity index (χ0v) is 12.0. The van der Waals surface area contributed by atoms with Gasteiger partial charge in [-0.25, -0.2) is 9.50 Å². The fourth-order valence-corrected chi connectivity index (χ4v) is 2.52. The minimum absolute atomic E-state index is 0.175. The Morgan fingerprint density at radius 3 is 2.91 bits per heavy atom. The number of benzene rings is 1. The molecule has 0 aliphatic carbocycles. The number of hydrogen-bond donors (Lipinski definition) is 1. The maximum atomic E-state index is 12.5. The van der Waals surface area contributed by atoms with Crippen LogP contribution in [0.4, 0.5) is 5.69 Å². The standard InChI is InChI=1S/C17H12N4O2/c18-13-3-1-2-11(8-13)15-4-6-19-17-14(9-20-21(15)17)16(22)12-5-7-23-10-12/h1-10H,18H2. The molecule has 0 saturated carbocycles. The smallest absolute Gasteiger partial charge is 0.201 e. The van der Waals surface area contributed by atoms with Crippen molar-refractivity contribution in [1.82, 2.24) is 14.6 Å². The number of nitrogen functional groups attached to an aromatic ring is 1. The molecule has 0 aliphatic heterocycles. The fraction of sp³-hybridized carbons (Fsp3) is 0. The van der Waals surface area contributed by atoms with Gasteiger partial charge in [-0.1, -0.05) is 12.1 Å². The van der Waals surface area contributed by atoms with Crippen molar-refractivity contribution >= 4 is 17.1 Å². The van der Waals surface area contributed by atoms with Gasteiger partial charge >= 0.3 is 0 Å². The van der Waals surface area contributed by atoms with Crippen LogP contribution in [-0.4, -0.2) is 20.4 Å². The molecule has 0 saturated heterocycles. The summed E-state index contributed by atoms with van der Waals surface area (Å²) in [6, 6.07) is 10.9. The number of carbonyl (C=O) groups excluding carboxylic acids is 1. The van der Waals surface area contributed by atoms with Gasteiger partial charge in [0.05, 0.1) is 29.3 Å². The molecule has 0 radical (unpaired) electrons. The molecule has 1 aromatic carbocycles. The van der Waals surface area contributed by atoms with E-state index >= 15 is 0 Å². The first-order chi connectivity index (χ1) is 11.2. The van der Waals surface area contributed by atoms with Crippen LogP contribution in [0.3, 0.4) is 0 Å². The van der Waals surface area contributed by atoms with Gasteiger partial charge in [-0.2, -0.15) is 5.10 Å². The molecule has 0 atom stereocenters. The average Bonchev–Trinajstić information content (AvgIpc) is 3.23. The summed E-state index contributed by atoms with van der Waals surface area (Å²) < 4.78 is 6.61. The van der Waals surface area contributed by atoms with Gasteiger partial charge in [-0.05, 0) is 24.3 Å². The summed E-state index contributed by atoms with van der Waals surface area (Å²) in [7, 11) is 0. The van der Waals surface area contributed by atoms with Crippen LogP contribution in [0.2, 0.25) is 0 Å². The molecule has 0 amide bonds. The summed E-state index contributed by atoms with van der Waals surface area (Å²) in [6.07, 6.45) is 6.05. The summed E-state index contributed by atoms with van der Waals surface area (Å²) in [6.45, 7) is 0. The number of nitrogens with two attached hydrogens (primary N) is 1. The van der Waals surface area contributed by atoms with E-state index < -0.39 is 0 Å². The lowest BCUT2D eigenvalue weighted by Gasteiger charge is -2.05. The maximum Gasteiger partial charge on any atom is 0.201 e. The van der Waals surface area contributed by atoms with Gasteiger partial charge in [-0.15, -0.1) is 0 Å². The van der Waals surface area contributed by atoms with Gasteiger partial charge in [0.1, 0.15) is 6.26 Å². The number of furan rings is 1. The second-order valence-corrected chi connectivity index (χ2v) is 5.09. The molecule has 2 N–H and O–H groups in total. The van der Waals surface area contributed by atoms with Gasteiger partial charge in [0.15, 0.2) is 5.65 Å². The van der Waals surface area contributed by atoms with Gasteiger partial charge in [0.2, 0.25) is 5.78 Å². The Kier molecular flexibility index (Phi) is 2.94. The second kappa shape index (κ2) is 5.10. The lowest BCUT2D eigenvalue weighted by atomic mass is 10.1. The molecular weight excluding hydrogens is 292 g/mol. The third-order valence-corrected chi connectivity index (χ3v) is 3.61. The predicted molar refractivity (Wildman–Crippen MR) is 85.0 cm³/mol. The molecule has 3 heterocycles. The number of anilines is 1. The zero-order valence-electron chi connectivity index (χ0n) is 12.0. The highest BCUT2D eigenvalue weighted by atomic mass is 16.3. The van der Waals surface area contributed by atoms with Crippen LogP contribution >= 0.6 is 0 Å². The Bertz CT molecular complexity index is 1000. The highest BCUT2D eigenvalue weighted by molar-refractivity contribution is 6.12. The Morgan fingerprint density at radius 1 is 1.22 bits per heavy atom. The Hall–Kier alpha value is -3.41.